The summed E-state index contributed by atoms with van der Waals surface area (Å²) in [5.74, 6) is 1.02. The van der Waals surface area contributed by atoms with Gasteiger partial charge in [-0.1, -0.05) is 24.3 Å². The molecule has 2 unspecified atom stereocenters. The molecule has 1 fully saturated rings. The summed E-state index contributed by atoms with van der Waals surface area (Å²) in [6, 6.07) is 14.9. The van der Waals surface area contributed by atoms with E-state index in [0.29, 0.717) is 23.6 Å². The van der Waals surface area contributed by atoms with Crippen LogP contribution >= 0.6 is 0 Å². The normalized spacial score (nSPS) is 19.9. The standard InChI is InChI=1S/C23H27N3O3/c1-15(24)16-9-11-26(12-10-16)23(28)18-6-4-7-19(13-18)25-22(27)21-14-17-5-2-3-8-20(17)29-21/h2-8,13,15-16,21H,9-12,14,24H2,1H3,(H,25,27). The third-order valence-corrected chi connectivity index (χ3v) is 5.89. The first-order valence-electron chi connectivity index (χ1n) is 10.2. The van der Waals surface area contributed by atoms with E-state index in [2.05, 4.69) is 5.32 Å². The van der Waals surface area contributed by atoms with E-state index in [4.69, 9.17) is 10.5 Å². The topological polar surface area (TPSA) is 84.7 Å². The van der Waals surface area contributed by atoms with E-state index in [0.717, 1.165) is 37.2 Å². The fourth-order valence-electron chi connectivity index (χ4n) is 4.09. The second-order valence-corrected chi connectivity index (χ2v) is 7.98. The van der Waals surface area contributed by atoms with Gasteiger partial charge >= 0.3 is 0 Å². The van der Waals surface area contributed by atoms with Crippen molar-refractivity contribution in [2.24, 2.45) is 11.7 Å². The van der Waals surface area contributed by atoms with Crippen molar-refractivity contribution in [1.82, 2.24) is 4.90 Å². The number of nitrogens with two attached hydrogens (primary N) is 1. The average Bonchev–Trinajstić information content (AvgIpc) is 3.18. The van der Waals surface area contributed by atoms with Gasteiger partial charge in [0.1, 0.15) is 5.75 Å². The second-order valence-electron chi connectivity index (χ2n) is 7.98. The van der Waals surface area contributed by atoms with Crippen molar-refractivity contribution in [3.05, 3.63) is 59.7 Å². The highest BCUT2D eigenvalue weighted by Gasteiger charge is 2.29. The van der Waals surface area contributed by atoms with Gasteiger partial charge in [0.15, 0.2) is 6.10 Å². The summed E-state index contributed by atoms with van der Waals surface area (Å²) in [5, 5.41) is 2.89. The number of hydrogen-bond donors (Lipinski definition) is 2. The second kappa shape index (κ2) is 8.25. The van der Waals surface area contributed by atoms with Crippen LogP contribution in [-0.2, 0) is 11.2 Å². The van der Waals surface area contributed by atoms with Crippen molar-refractivity contribution in [2.75, 3.05) is 18.4 Å². The van der Waals surface area contributed by atoms with Crippen LogP contribution < -0.4 is 15.8 Å². The predicted octanol–water partition coefficient (Wildman–Crippen LogP) is 2.83. The lowest BCUT2D eigenvalue weighted by atomic mass is 9.90. The Hall–Kier alpha value is -2.86. The zero-order valence-electron chi connectivity index (χ0n) is 16.6. The molecule has 2 aliphatic rings. The van der Waals surface area contributed by atoms with Gasteiger partial charge in [-0.15, -0.1) is 0 Å². The zero-order chi connectivity index (χ0) is 20.4. The van der Waals surface area contributed by atoms with Crippen molar-refractivity contribution >= 4 is 17.5 Å². The van der Waals surface area contributed by atoms with E-state index >= 15 is 0 Å². The van der Waals surface area contributed by atoms with E-state index in [1.165, 1.54) is 0 Å². The Balaban J connectivity index is 1.38. The number of amides is 2. The minimum absolute atomic E-state index is 0.00579. The molecule has 2 aromatic rings. The number of nitrogens with one attached hydrogen (secondary N) is 1. The molecule has 152 valence electrons. The van der Waals surface area contributed by atoms with Gasteiger partial charge in [-0.3, -0.25) is 9.59 Å². The first-order chi connectivity index (χ1) is 14.0. The molecule has 3 N–H and O–H groups in total. The van der Waals surface area contributed by atoms with Gasteiger partial charge in [-0.05, 0) is 55.5 Å². The van der Waals surface area contributed by atoms with Crippen LogP contribution in [0.15, 0.2) is 48.5 Å². The number of para-hydroxylation sites is 1. The summed E-state index contributed by atoms with van der Waals surface area (Å²) in [5.41, 5.74) is 8.21. The number of carbonyl (C=O) groups is 2. The number of benzene rings is 2. The molecule has 0 radical (unpaired) electrons. The molecular weight excluding hydrogens is 366 g/mol. The summed E-state index contributed by atoms with van der Waals surface area (Å²) in [7, 11) is 0. The molecule has 6 heteroatoms. The first kappa shape index (κ1) is 19.5. The number of nitrogens with zero attached hydrogens (tertiary/aromatic N) is 1. The summed E-state index contributed by atoms with van der Waals surface area (Å²) < 4.78 is 5.75. The molecule has 2 amide bonds. The highest BCUT2D eigenvalue weighted by atomic mass is 16.5. The molecule has 0 aromatic heterocycles. The molecule has 1 saturated heterocycles. The monoisotopic (exact) mass is 393 g/mol. The maximum absolute atomic E-state index is 12.9. The van der Waals surface area contributed by atoms with Crippen molar-refractivity contribution in [2.45, 2.75) is 38.3 Å². The van der Waals surface area contributed by atoms with Crippen molar-refractivity contribution < 1.29 is 14.3 Å². The van der Waals surface area contributed by atoms with Crippen molar-refractivity contribution in [1.29, 1.82) is 0 Å². The molecule has 0 aliphatic carbocycles. The lowest BCUT2D eigenvalue weighted by Gasteiger charge is -2.33. The molecular formula is C23H27N3O3. The highest BCUT2D eigenvalue weighted by Crippen LogP contribution is 2.29. The zero-order valence-corrected chi connectivity index (χ0v) is 16.6. The number of anilines is 1. The van der Waals surface area contributed by atoms with Gasteiger partial charge in [-0.25, -0.2) is 0 Å². The number of likely N-dealkylation sites (tertiary alicyclic amines) is 1. The highest BCUT2D eigenvalue weighted by molar-refractivity contribution is 5.98. The van der Waals surface area contributed by atoms with Crippen LogP contribution in [0.25, 0.3) is 0 Å². The van der Waals surface area contributed by atoms with Crippen LogP contribution in [0.2, 0.25) is 0 Å². The van der Waals surface area contributed by atoms with Crippen molar-refractivity contribution in [3.63, 3.8) is 0 Å². The fraction of sp³-hybridized carbons (Fsp3) is 0.391. The minimum atomic E-state index is -0.552. The van der Waals surface area contributed by atoms with Gasteiger partial charge in [0.2, 0.25) is 0 Å². The average molecular weight is 393 g/mol. The van der Waals surface area contributed by atoms with Crippen LogP contribution in [0, 0.1) is 5.92 Å². The maximum Gasteiger partial charge on any atom is 0.265 e. The third-order valence-electron chi connectivity index (χ3n) is 5.89. The number of fused-ring (bicyclic) bond motifs is 1. The molecule has 2 heterocycles. The van der Waals surface area contributed by atoms with Crippen LogP contribution in [0.3, 0.4) is 0 Å². The van der Waals surface area contributed by atoms with Gasteiger partial charge in [-0.2, -0.15) is 0 Å². The molecule has 0 spiro atoms. The van der Waals surface area contributed by atoms with E-state index in [9.17, 15) is 9.59 Å². The quantitative estimate of drug-likeness (QED) is 0.837. The van der Waals surface area contributed by atoms with E-state index < -0.39 is 6.10 Å². The number of carbonyl (C=O) groups excluding carboxylic acids is 2. The molecule has 4 rings (SSSR count). The Kier molecular flexibility index (Phi) is 5.53. The molecule has 2 atom stereocenters. The Morgan fingerprint density at radius 2 is 1.90 bits per heavy atom. The Morgan fingerprint density at radius 3 is 2.62 bits per heavy atom. The third kappa shape index (κ3) is 4.27. The Labute approximate surface area is 171 Å². The Bertz CT molecular complexity index is 879. The van der Waals surface area contributed by atoms with Gasteiger partial charge in [0, 0.05) is 36.8 Å². The lowest BCUT2D eigenvalue weighted by molar-refractivity contribution is -0.122. The van der Waals surface area contributed by atoms with Crippen LogP contribution in [0.1, 0.15) is 35.7 Å². The van der Waals surface area contributed by atoms with E-state index in [1.54, 1.807) is 24.3 Å². The molecule has 6 nitrogen and oxygen atoms in total. The Morgan fingerprint density at radius 1 is 1.14 bits per heavy atom. The molecule has 0 saturated carbocycles. The molecule has 2 aromatic carbocycles. The van der Waals surface area contributed by atoms with E-state index in [-0.39, 0.29) is 17.9 Å². The van der Waals surface area contributed by atoms with Crippen molar-refractivity contribution in [3.8, 4) is 5.75 Å². The summed E-state index contributed by atoms with van der Waals surface area (Å²) in [6.45, 7) is 3.46. The first-order valence-corrected chi connectivity index (χ1v) is 10.2. The molecule has 0 bridgehead atoms. The summed E-state index contributed by atoms with van der Waals surface area (Å²) in [4.78, 5) is 27.4. The van der Waals surface area contributed by atoms with Crippen LogP contribution in [0.4, 0.5) is 5.69 Å². The lowest BCUT2D eigenvalue weighted by Crippen LogP contribution is -2.42. The minimum Gasteiger partial charge on any atom is -0.480 e. The van der Waals surface area contributed by atoms with Gasteiger partial charge in [0.25, 0.3) is 11.8 Å². The fourth-order valence-corrected chi connectivity index (χ4v) is 4.09. The number of rotatable bonds is 4. The molecule has 29 heavy (non-hydrogen) atoms. The summed E-state index contributed by atoms with van der Waals surface area (Å²) in [6.07, 6.45) is 1.86. The van der Waals surface area contributed by atoms with E-state index in [1.807, 2.05) is 36.1 Å². The van der Waals surface area contributed by atoms with Gasteiger partial charge < -0.3 is 20.7 Å². The SMILES string of the molecule is CC(N)C1CCN(C(=O)c2cccc(NC(=O)C3Cc4ccccc4O3)c2)CC1. The largest absolute Gasteiger partial charge is 0.480 e. The molecule has 2 aliphatic heterocycles. The number of ether oxygens (including phenoxy) is 1. The maximum atomic E-state index is 12.9. The predicted molar refractivity (Wildman–Crippen MR) is 112 cm³/mol. The number of piperidine rings is 1. The van der Waals surface area contributed by atoms with Crippen LogP contribution in [-0.4, -0.2) is 41.9 Å². The van der Waals surface area contributed by atoms with Crippen LogP contribution in [0.5, 0.6) is 5.75 Å². The number of hydrogen-bond acceptors (Lipinski definition) is 4. The smallest absolute Gasteiger partial charge is 0.265 e. The van der Waals surface area contributed by atoms with Gasteiger partial charge in [0.05, 0.1) is 0 Å². The summed E-state index contributed by atoms with van der Waals surface area (Å²) >= 11 is 0.